The molecule has 0 fully saturated rings. The summed E-state index contributed by atoms with van der Waals surface area (Å²) in [4.78, 5) is 12.2. The summed E-state index contributed by atoms with van der Waals surface area (Å²) in [5.74, 6) is -0.804. The van der Waals surface area contributed by atoms with Gasteiger partial charge in [0.05, 0.1) is 16.1 Å². The number of nitrogens with one attached hydrogen (secondary N) is 1. The van der Waals surface area contributed by atoms with Gasteiger partial charge in [0.25, 0.3) is 15.9 Å². The first kappa shape index (κ1) is 17.5. The molecular weight excluding hydrogens is 434 g/mol. The van der Waals surface area contributed by atoms with Crippen LogP contribution >= 0.6 is 27.5 Å². The molecule has 8 nitrogen and oxygen atoms in total. The fourth-order valence-corrected chi connectivity index (χ4v) is 3.58. The standard InChI is InChI=1S/C14H9BrClN5O3S/c15-13-5-4-9(16)6-12(13)14(22)18-25(23,24)11-3-1-2-10(7-11)21-8-17-19-20-21/h1-8H,(H,18,22). The van der Waals surface area contributed by atoms with E-state index in [0.717, 1.165) is 0 Å². The van der Waals surface area contributed by atoms with Crippen LogP contribution in [0.1, 0.15) is 10.4 Å². The second-order valence-electron chi connectivity index (χ2n) is 4.81. The molecule has 0 unspecified atom stereocenters. The molecule has 1 heterocycles. The van der Waals surface area contributed by atoms with E-state index >= 15 is 0 Å². The SMILES string of the molecule is O=C(NS(=O)(=O)c1cccc(-n2cnnn2)c1)c1cc(Cl)ccc1Br. The summed E-state index contributed by atoms with van der Waals surface area (Å²) in [6, 6.07) is 10.4. The Balaban J connectivity index is 1.91. The van der Waals surface area contributed by atoms with Gasteiger partial charge < -0.3 is 0 Å². The molecule has 0 atom stereocenters. The van der Waals surface area contributed by atoms with Crippen LogP contribution in [0.5, 0.6) is 0 Å². The number of hydrogen-bond acceptors (Lipinski definition) is 6. The minimum atomic E-state index is -4.10. The minimum Gasteiger partial charge on any atom is -0.268 e. The number of tetrazole rings is 1. The lowest BCUT2D eigenvalue weighted by molar-refractivity contribution is 0.0980. The average molecular weight is 443 g/mol. The maximum absolute atomic E-state index is 12.5. The third-order valence-corrected chi connectivity index (χ3v) is 5.40. The highest BCUT2D eigenvalue weighted by atomic mass is 79.9. The number of carbonyl (C=O) groups is 1. The van der Waals surface area contributed by atoms with Gasteiger partial charge in [-0.1, -0.05) is 17.7 Å². The van der Waals surface area contributed by atoms with Gasteiger partial charge in [-0.2, -0.15) is 0 Å². The van der Waals surface area contributed by atoms with Crippen molar-refractivity contribution >= 4 is 43.5 Å². The lowest BCUT2D eigenvalue weighted by Gasteiger charge is -2.09. The normalized spacial score (nSPS) is 11.3. The zero-order chi connectivity index (χ0) is 18.0. The number of aromatic nitrogens is 4. The molecule has 0 saturated carbocycles. The van der Waals surface area contributed by atoms with E-state index in [4.69, 9.17) is 11.6 Å². The first-order valence-corrected chi connectivity index (χ1v) is 9.38. The molecule has 0 radical (unpaired) electrons. The molecule has 25 heavy (non-hydrogen) atoms. The van der Waals surface area contributed by atoms with E-state index < -0.39 is 15.9 Å². The van der Waals surface area contributed by atoms with E-state index in [1.807, 2.05) is 4.72 Å². The van der Waals surface area contributed by atoms with Crippen molar-refractivity contribution in [1.29, 1.82) is 0 Å². The van der Waals surface area contributed by atoms with Crippen LogP contribution in [0.15, 0.2) is 58.2 Å². The number of hydrogen-bond donors (Lipinski definition) is 1. The van der Waals surface area contributed by atoms with Crippen molar-refractivity contribution < 1.29 is 13.2 Å². The van der Waals surface area contributed by atoms with Gasteiger partial charge in [-0.05, 0) is 62.8 Å². The van der Waals surface area contributed by atoms with Gasteiger partial charge in [-0.25, -0.2) is 17.8 Å². The zero-order valence-electron chi connectivity index (χ0n) is 12.3. The predicted octanol–water partition coefficient (Wildman–Crippen LogP) is 2.20. The third-order valence-electron chi connectivity index (χ3n) is 3.14. The predicted molar refractivity (Wildman–Crippen MR) is 93.0 cm³/mol. The lowest BCUT2D eigenvalue weighted by Crippen LogP contribution is -2.30. The molecule has 128 valence electrons. The topological polar surface area (TPSA) is 107 Å². The Kier molecular flexibility index (Phi) is 4.84. The van der Waals surface area contributed by atoms with Crippen LogP contribution in [0.25, 0.3) is 5.69 Å². The zero-order valence-corrected chi connectivity index (χ0v) is 15.5. The Morgan fingerprint density at radius 2 is 2.00 bits per heavy atom. The van der Waals surface area contributed by atoms with E-state index in [1.165, 1.54) is 35.3 Å². The number of rotatable bonds is 4. The molecule has 0 aliphatic rings. The first-order chi connectivity index (χ1) is 11.9. The van der Waals surface area contributed by atoms with E-state index in [-0.39, 0.29) is 10.5 Å². The molecule has 1 aromatic heterocycles. The van der Waals surface area contributed by atoms with Gasteiger partial charge in [-0.15, -0.1) is 5.10 Å². The van der Waals surface area contributed by atoms with E-state index in [2.05, 4.69) is 31.5 Å². The number of nitrogens with zero attached hydrogens (tertiary/aromatic N) is 4. The summed E-state index contributed by atoms with van der Waals surface area (Å²) in [7, 11) is -4.10. The Hall–Kier alpha value is -2.30. The second kappa shape index (κ2) is 6.90. The van der Waals surface area contributed by atoms with Crippen LogP contribution in [-0.2, 0) is 10.0 Å². The molecule has 0 saturated heterocycles. The maximum Gasteiger partial charge on any atom is 0.266 e. The van der Waals surface area contributed by atoms with E-state index in [9.17, 15) is 13.2 Å². The molecule has 0 aliphatic heterocycles. The number of halogens is 2. The van der Waals surface area contributed by atoms with Crippen molar-refractivity contribution in [3.63, 3.8) is 0 Å². The first-order valence-electron chi connectivity index (χ1n) is 6.72. The molecule has 11 heteroatoms. The highest BCUT2D eigenvalue weighted by molar-refractivity contribution is 9.10. The highest BCUT2D eigenvalue weighted by Gasteiger charge is 2.21. The van der Waals surface area contributed by atoms with Crippen molar-refractivity contribution in [2.75, 3.05) is 0 Å². The molecule has 3 aromatic rings. The largest absolute Gasteiger partial charge is 0.268 e. The summed E-state index contributed by atoms with van der Waals surface area (Å²) in [5.41, 5.74) is 0.539. The minimum absolute atomic E-state index is 0.104. The molecule has 2 aromatic carbocycles. The van der Waals surface area contributed by atoms with Gasteiger partial charge >= 0.3 is 0 Å². The highest BCUT2D eigenvalue weighted by Crippen LogP contribution is 2.22. The van der Waals surface area contributed by atoms with Gasteiger partial charge in [-0.3, -0.25) is 4.79 Å². The van der Waals surface area contributed by atoms with Gasteiger partial charge in [0, 0.05) is 9.50 Å². The molecular formula is C14H9BrClN5O3S. The molecule has 0 aliphatic carbocycles. The van der Waals surface area contributed by atoms with Crippen LogP contribution < -0.4 is 4.72 Å². The summed E-state index contributed by atoms with van der Waals surface area (Å²) < 4.78 is 28.7. The van der Waals surface area contributed by atoms with Crippen LogP contribution in [0, 0.1) is 0 Å². The Bertz CT molecular complexity index is 1040. The quantitative estimate of drug-likeness (QED) is 0.664. The second-order valence-corrected chi connectivity index (χ2v) is 7.78. The Labute approximate surface area is 156 Å². The molecule has 3 rings (SSSR count). The van der Waals surface area contributed by atoms with E-state index in [0.29, 0.717) is 15.2 Å². The summed E-state index contributed by atoms with van der Waals surface area (Å²) in [6.45, 7) is 0. The average Bonchev–Trinajstić information content (AvgIpc) is 3.11. The Morgan fingerprint density at radius 1 is 1.20 bits per heavy atom. The van der Waals surface area contributed by atoms with Crippen LogP contribution in [0.4, 0.5) is 0 Å². The Morgan fingerprint density at radius 3 is 2.72 bits per heavy atom. The van der Waals surface area contributed by atoms with Crippen molar-refractivity contribution in [1.82, 2.24) is 24.9 Å². The van der Waals surface area contributed by atoms with E-state index in [1.54, 1.807) is 18.2 Å². The number of sulfonamides is 1. The van der Waals surface area contributed by atoms with Crippen LogP contribution in [0.2, 0.25) is 5.02 Å². The van der Waals surface area contributed by atoms with Gasteiger partial charge in [0.2, 0.25) is 0 Å². The van der Waals surface area contributed by atoms with Gasteiger partial charge in [0.15, 0.2) is 0 Å². The summed E-state index contributed by atoms with van der Waals surface area (Å²) in [6.07, 6.45) is 1.33. The monoisotopic (exact) mass is 441 g/mol. The van der Waals surface area contributed by atoms with Crippen molar-refractivity contribution in [3.8, 4) is 5.69 Å². The third kappa shape index (κ3) is 3.86. The van der Waals surface area contributed by atoms with Gasteiger partial charge in [0.1, 0.15) is 6.33 Å². The fourth-order valence-electron chi connectivity index (χ4n) is 1.98. The van der Waals surface area contributed by atoms with Crippen molar-refractivity contribution in [2.45, 2.75) is 4.90 Å². The van der Waals surface area contributed by atoms with Crippen molar-refractivity contribution in [2.24, 2.45) is 0 Å². The summed E-state index contributed by atoms with van der Waals surface area (Å²) in [5, 5.41) is 11.0. The van der Waals surface area contributed by atoms with Crippen LogP contribution in [0.3, 0.4) is 0 Å². The summed E-state index contributed by atoms with van der Waals surface area (Å²) >= 11 is 9.05. The molecule has 0 bridgehead atoms. The number of benzene rings is 2. The number of amides is 1. The smallest absolute Gasteiger partial charge is 0.266 e. The van der Waals surface area contributed by atoms with Crippen molar-refractivity contribution in [3.05, 3.63) is 63.9 Å². The molecule has 1 amide bonds. The maximum atomic E-state index is 12.5. The molecule has 0 spiro atoms. The molecule has 1 N–H and O–H groups in total. The number of carbonyl (C=O) groups excluding carboxylic acids is 1. The van der Waals surface area contributed by atoms with Crippen LogP contribution in [-0.4, -0.2) is 34.5 Å². The fraction of sp³-hybridized carbons (Fsp3) is 0. The lowest BCUT2D eigenvalue weighted by atomic mass is 10.2.